The van der Waals surface area contributed by atoms with Gasteiger partial charge in [0.25, 0.3) is 0 Å². The molecule has 0 unspecified atom stereocenters. The molecule has 1 heterocycles. The first-order valence-corrected chi connectivity index (χ1v) is 7.02. The minimum atomic E-state index is -1.04. The Morgan fingerprint density at radius 3 is 2.76 bits per heavy atom. The minimum Gasteiger partial charge on any atom is -0.360 e. The molecule has 5 heteroatoms. The Bertz CT molecular complexity index is 539. The molecule has 2 rings (SSSR count). The molecule has 17 heavy (non-hydrogen) atoms. The lowest BCUT2D eigenvalue weighted by molar-refractivity contribution is 0.390. The summed E-state index contributed by atoms with van der Waals surface area (Å²) in [6.45, 7) is 1.84. The van der Waals surface area contributed by atoms with E-state index in [1.165, 1.54) is 0 Å². The number of nitrogens with zero attached hydrogens (tertiary/aromatic N) is 1. The Morgan fingerprint density at radius 1 is 1.35 bits per heavy atom. The van der Waals surface area contributed by atoms with Crippen LogP contribution in [0.25, 0.3) is 0 Å². The number of benzene rings is 1. The van der Waals surface area contributed by atoms with Crippen LogP contribution in [0, 0.1) is 6.92 Å². The van der Waals surface area contributed by atoms with Gasteiger partial charge < -0.3 is 4.52 Å². The molecule has 0 bridgehead atoms. The van der Waals surface area contributed by atoms with Crippen LogP contribution in [0.15, 0.2) is 34.9 Å². The van der Waals surface area contributed by atoms with Gasteiger partial charge in [0.15, 0.2) is 0 Å². The predicted octanol–water partition coefficient (Wildman–Crippen LogP) is 3.09. The molecular weight excluding hydrogens is 258 g/mol. The third kappa shape index (κ3) is 3.41. The Morgan fingerprint density at radius 2 is 2.12 bits per heavy atom. The molecule has 1 aromatic carbocycles. The summed E-state index contributed by atoms with van der Waals surface area (Å²) in [6.07, 6.45) is 0. The maximum atomic E-state index is 11.9. The lowest BCUT2D eigenvalue weighted by Gasteiger charge is -2.02. The van der Waals surface area contributed by atoms with Gasteiger partial charge in [-0.15, -0.1) is 0 Å². The van der Waals surface area contributed by atoms with Crippen molar-refractivity contribution in [1.82, 2.24) is 5.16 Å². The highest BCUT2D eigenvalue weighted by Crippen LogP contribution is 2.18. The summed E-state index contributed by atoms with van der Waals surface area (Å²) in [5, 5.41) is 4.41. The van der Waals surface area contributed by atoms with Crippen molar-refractivity contribution in [2.75, 3.05) is 0 Å². The van der Waals surface area contributed by atoms with Crippen molar-refractivity contribution in [3.8, 4) is 0 Å². The maximum absolute atomic E-state index is 11.9. The Balaban J connectivity index is 2.01. The van der Waals surface area contributed by atoms with Gasteiger partial charge in [-0.2, -0.15) is 0 Å². The molecule has 2 aromatic rings. The second-order valence-corrected chi connectivity index (χ2v) is 5.62. The second kappa shape index (κ2) is 5.47. The van der Waals surface area contributed by atoms with Crippen molar-refractivity contribution in [1.29, 1.82) is 0 Å². The lowest BCUT2D eigenvalue weighted by Crippen LogP contribution is -1.99. The number of aromatic nitrogens is 1. The molecule has 0 saturated carbocycles. The molecule has 0 fully saturated rings. The molecule has 1 atom stereocenters. The van der Waals surface area contributed by atoms with Gasteiger partial charge in [-0.3, -0.25) is 4.21 Å². The van der Waals surface area contributed by atoms with Crippen LogP contribution in [0.3, 0.4) is 0 Å². The highest BCUT2D eigenvalue weighted by atomic mass is 35.5. The van der Waals surface area contributed by atoms with Crippen LogP contribution in [0.4, 0.5) is 0 Å². The van der Waals surface area contributed by atoms with Gasteiger partial charge >= 0.3 is 0 Å². The highest BCUT2D eigenvalue weighted by molar-refractivity contribution is 7.83. The van der Waals surface area contributed by atoms with Crippen molar-refractivity contribution in [3.63, 3.8) is 0 Å². The van der Waals surface area contributed by atoms with E-state index in [1.54, 1.807) is 12.1 Å². The minimum absolute atomic E-state index is 0.367. The summed E-state index contributed by atoms with van der Waals surface area (Å²) in [5.74, 6) is 1.44. The standard InChI is InChI=1S/C12H12ClNO2S/c1-9-6-11(16-14-9)8-17(15)7-10-4-2-3-5-12(10)13/h2-6H,7-8H2,1H3/t17-/m0/s1. The molecule has 0 aliphatic rings. The van der Waals surface area contributed by atoms with Crippen LogP contribution in [0.5, 0.6) is 0 Å². The molecule has 0 saturated heterocycles. The zero-order valence-corrected chi connectivity index (χ0v) is 10.9. The fourth-order valence-corrected chi connectivity index (χ4v) is 2.92. The molecular formula is C12H12ClNO2S. The van der Waals surface area contributed by atoms with E-state index in [0.29, 0.717) is 22.3 Å². The van der Waals surface area contributed by atoms with Crippen molar-refractivity contribution >= 4 is 22.4 Å². The van der Waals surface area contributed by atoms with Crippen molar-refractivity contribution in [2.24, 2.45) is 0 Å². The van der Waals surface area contributed by atoms with E-state index in [0.717, 1.165) is 11.3 Å². The van der Waals surface area contributed by atoms with Gasteiger partial charge in [-0.1, -0.05) is 35.0 Å². The van der Waals surface area contributed by atoms with Gasteiger partial charge in [-0.05, 0) is 18.6 Å². The first-order chi connectivity index (χ1) is 8.15. The average molecular weight is 270 g/mol. The van der Waals surface area contributed by atoms with Gasteiger partial charge in [0.1, 0.15) is 5.76 Å². The Kier molecular flexibility index (Phi) is 3.97. The first kappa shape index (κ1) is 12.3. The predicted molar refractivity (Wildman–Crippen MR) is 68.2 cm³/mol. The van der Waals surface area contributed by atoms with Crippen LogP contribution < -0.4 is 0 Å². The number of rotatable bonds is 4. The largest absolute Gasteiger partial charge is 0.360 e. The Hall–Kier alpha value is -1.13. The van der Waals surface area contributed by atoms with Gasteiger partial charge in [0.2, 0.25) is 0 Å². The van der Waals surface area contributed by atoms with Crippen LogP contribution in [-0.2, 0) is 22.3 Å². The van der Waals surface area contributed by atoms with Crippen LogP contribution in [-0.4, -0.2) is 9.37 Å². The summed E-state index contributed by atoms with van der Waals surface area (Å²) in [5.41, 5.74) is 1.69. The van der Waals surface area contributed by atoms with Crippen molar-refractivity contribution in [3.05, 3.63) is 52.4 Å². The van der Waals surface area contributed by atoms with E-state index in [-0.39, 0.29) is 0 Å². The van der Waals surface area contributed by atoms with Gasteiger partial charge in [-0.25, -0.2) is 0 Å². The molecule has 1 aromatic heterocycles. The second-order valence-electron chi connectivity index (χ2n) is 3.75. The normalized spacial score (nSPS) is 12.6. The summed E-state index contributed by atoms with van der Waals surface area (Å²) in [7, 11) is -1.04. The number of halogens is 1. The van der Waals surface area contributed by atoms with Crippen LogP contribution in [0.1, 0.15) is 17.0 Å². The topological polar surface area (TPSA) is 43.1 Å². The SMILES string of the molecule is Cc1cc(C[S@@](=O)Cc2ccccc2Cl)on1. The molecule has 3 nitrogen and oxygen atoms in total. The summed E-state index contributed by atoms with van der Waals surface area (Å²) in [6, 6.07) is 9.22. The van der Waals surface area contributed by atoms with Crippen molar-refractivity contribution in [2.45, 2.75) is 18.4 Å². The third-order valence-electron chi connectivity index (χ3n) is 2.25. The van der Waals surface area contributed by atoms with E-state index in [4.69, 9.17) is 16.1 Å². The lowest BCUT2D eigenvalue weighted by atomic mass is 10.2. The Labute approximate surface area is 107 Å². The van der Waals surface area contributed by atoms with E-state index in [1.807, 2.05) is 25.1 Å². The van der Waals surface area contributed by atoms with Crippen LogP contribution in [0.2, 0.25) is 5.02 Å². The maximum Gasteiger partial charge on any atom is 0.149 e. The van der Waals surface area contributed by atoms with Crippen LogP contribution >= 0.6 is 11.6 Å². The zero-order valence-electron chi connectivity index (χ0n) is 9.35. The quantitative estimate of drug-likeness (QED) is 0.857. The van der Waals surface area contributed by atoms with E-state index < -0.39 is 10.8 Å². The van der Waals surface area contributed by atoms with E-state index >= 15 is 0 Å². The highest BCUT2D eigenvalue weighted by Gasteiger charge is 2.09. The van der Waals surface area contributed by atoms with Gasteiger partial charge in [0, 0.05) is 21.9 Å². The average Bonchev–Trinajstić information content (AvgIpc) is 2.67. The fraction of sp³-hybridized carbons (Fsp3) is 0.250. The molecule has 0 spiro atoms. The monoisotopic (exact) mass is 269 g/mol. The molecule has 90 valence electrons. The van der Waals surface area contributed by atoms with E-state index in [9.17, 15) is 4.21 Å². The van der Waals surface area contributed by atoms with Crippen molar-refractivity contribution < 1.29 is 8.73 Å². The number of aryl methyl sites for hydroxylation is 1. The number of hydrogen-bond donors (Lipinski definition) is 0. The molecule has 0 N–H and O–H groups in total. The summed E-state index contributed by atoms with van der Waals surface area (Å²) < 4.78 is 16.9. The molecule has 0 amide bonds. The molecule has 0 aliphatic carbocycles. The first-order valence-electron chi connectivity index (χ1n) is 5.16. The number of hydrogen-bond acceptors (Lipinski definition) is 3. The molecule has 0 radical (unpaired) electrons. The fourth-order valence-electron chi connectivity index (χ4n) is 1.48. The third-order valence-corrected chi connectivity index (χ3v) is 3.86. The summed E-state index contributed by atoms with van der Waals surface area (Å²) in [4.78, 5) is 0. The molecule has 0 aliphatic heterocycles. The van der Waals surface area contributed by atoms with Gasteiger partial charge in [0.05, 0.1) is 17.2 Å². The zero-order chi connectivity index (χ0) is 12.3. The van der Waals surface area contributed by atoms with E-state index in [2.05, 4.69) is 5.16 Å². The smallest absolute Gasteiger partial charge is 0.149 e. The summed E-state index contributed by atoms with van der Waals surface area (Å²) >= 11 is 6.01.